The Kier molecular flexibility index (Phi) is 2.07. The second-order valence-corrected chi connectivity index (χ2v) is 3.90. The first-order valence-corrected chi connectivity index (χ1v) is 4.68. The average molecular weight is 289 g/mol. The quantitative estimate of drug-likeness (QED) is 0.756. The second kappa shape index (κ2) is 3.10. The summed E-state index contributed by atoms with van der Waals surface area (Å²) < 4.78 is 13.8. The number of hydrogen-bond acceptors (Lipinski definition) is 2. The highest BCUT2D eigenvalue weighted by Crippen LogP contribution is 2.23. The molecule has 0 amide bonds. The van der Waals surface area contributed by atoms with Gasteiger partial charge in [-0.25, -0.2) is 4.39 Å². The first-order chi connectivity index (χ1) is 6.16. The lowest BCUT2D eigenvalue weighted by atomic mass is 10.2. The number of halogens is 2. The van der Waals surface area contributed by atoms with E-state index in [4.69, 9.17) is 5.11 Å². The molecule has 0 aliphatic carbocycles. The third-order valence-electron chi connectivity index (χ3n) is 1.72. The Morgan fingerprint density at radius 2 is 2.08 bits per heavy atom. The van der Waals surface area contributed by atoms with Gasteiger partial charge in [0, 0.05) is 21.2 Å². The zero-order valence-corrected chi connectivity index (χ0v) is 8.62. The summed E-state index contributed by atoms with van der Waals surface area (Å²) in [6.07, 6.45) is 1.65. The Morgan fingerprint density at radius 3 is 2.85 bits per heavy atom. The molecule has 0 aliphatic rings. The fourth-order valence-electron chi connectivity index (χ4n) is 1.11. The van der Waals surface area contributed by atoms with Crippen LogP contribution in [-0.2, 0) is 0 Å². The molecule has 1 N–H and O–H groups in total. The number of hydrogen-bond donors (Lipinski definition) is 1. The van der Waals surface area contributed by atoms with Crippen LogP contribution in [0.4, 0.5) is 4.39 Å². The van der Waals surface area contributed by atoms with Crippen LogP contribution in [0.3, 0.4) is 0 Å². The lowest BCUT2D eigenvalue weighted by Gasteiger charge is -1.99. The summed E-state index contributed by atoms with van der Waals surface area (Å²) in [4.78, 5) is 4.02. The fraction of sp³-hybridized carbons (Fsp3) is 0. The van der Waals surface area contributed by atoms with Gasteiger partial charge < -0.3 is 5.11 Å². The van der Waals surface area contributed by atoms with Gasteiger partial charge in [0.25, 0.3) is 0 Å². The molecule has 0 radical (unpaired) electrons. The average Bonchev–Trinajstić information content (AvgIpc) is 2.08. The van der Waals surface area contributed by atoms with Crippen molar-refractivity contribution in [3.8, 4) is 5.75 Å². The van der Waals surface area contributed by atoms with Crippen molar-refractivity contribution in [3.05, 3.63) is 33.8 Å². The Labute approximate surface area is 87.6 Å². The maximum absolute atomic E-state index is 12.9. The van der Waals surface area contributed by atoms with Crippen molar-refractivity contribution in [2.75, 3.05) is 0 Å². The highest BCUT2D eigenvalue weighted by atomic mass is 127. The van der Waals surface area contributed by atoms with Crippen molar-refractivity contribution in [2.45, 2.75) is 0 Å². The van der Waals surface area contributed by atoms with E-state index in [1.807, 2.05) is 6.07 Å². The van der Waals surface area contributed by atoms with E-state index in [2.05, 4.69) is 27.6 Å². The first kappa shape index (κ1) is 8.68. The molecule has 1 aromatic carbocycles. The molecule has 0 aliphatic heterocycles. The van der Waals surface area contributed by atoms with E-state index in [-0.39, 0.29) is 5.75 Å². The normalized spacial score (nSPS) is 10.6. The predicted octanol–water partition coefficient (Wildman–Crippen LogP) is 2.68. The van der Waals surface area contributed by atoms with Crippen LogP contribution in [0.15, 0.2) is 24.4 Å². The maximum atomic E-state index is 12.9. The Bertz CT molecular complexity index is 472. The van der Waals surface area contributed by atoms with Gasteiger partial charge in [-0.3, -0.25) is 4.98 Å². The summed E-state index contributed by atoms with van der Waals surface area (Å²) >= 11 is 2.11. The van der Waals surface area contributed by atoms with E-state index in [9.17, 15) is 4.39 Å². The van der Waals surface area contributed by atoms with E-state index >= 15 is 0 Å². The van der Waals surface area contributed by atoms with E-state index in [0.29, 0.717) is 5.52 Å². The van der Waals surface area contributed by atoms with Crippen molar-refractivity contribution < 1.29 is 9.50 Å². The monoisotopic (exact) mass is 289 g/mol. The molecular weight excluding hydrogens is 284 g/mol. The first-order valence-electron chi connectivity index (χ1n) is 3.60. The summed E-state index contributed by atoms with van der Waals surface area (Å²) in [5.41, 5.74) is 0.552. The third-order valence-corrected chi connectivity index (χ3v) is 2.31. The predicted molar refractivity (Wildman–Crippen MR) is 56.1 cm³/mol. The Hall–Kier alpha value is -0.910. The molecule has 2 rings (SSSR count). The largest absolute Gasteiger partial charge is 0.505 e. The molecule has 66 valence electrons. The molecule has 4 heteroatoms. The van der Waals surface area contributed by atoms with Crippen LogP contribution in [0.2, 0.25) is 0 Å². The molecular formula is C9H5FINO. The third kappa shape index (κ3) is 1.58. The molecule has 0 saturated carbocycles. The molecule has 0 spiro atoms. The lowest BCUT2D eigenvalue weighted by molar-refractivity contribution is 0.433. The minimum atomic E-state index is -0.638. The molecule has 0 bridgehead atoms. The second-order valence-electron chi connectivity index (χ2n) is 2.65. The number of nitrogens with zero attached hydrogens (tertiary/aromatic N) is 1. The Balaban J connectivity index is 2.81. The summed E-state index contributed by atoms with van der Waals surface area (Å²) in [5, 5.41) is 9.84. The molecule has 0 atom stereocenters. The molecule has 0 unspecified atom stereocenters. The lowest BCUT2D eigenvalue weighted by Crippen LogP contribution is -1.83. The van der Waals surface area contributed by atoms with Crippen molar-refractivity contribution in [2.24, 2.45) is 0 Å². The van der Waals surface area contributed by atoms with Gasteiger partial charge >= 0.3 is 0 Å². The summed E-state index contributed by atoms with van der Waals surface area (Å²) in [6, 6.07) is 4.43. The van der Waals surface area contributed by atoms with Gasteiger partial charge in [0.2, 0.25) is 0 Å². The number of aromatic nitrogens is 1. The number of phenolic OH excluding ortho intramolecular Hbond substituents is 1. The van der Waals surface area contributed by atoms with Gasteiger partial charge in [-0.15, -0.1) is 0 Å². The zero-order valence-electron chi connectivity index (χ0n) is 6.46. The molecule has 1 heterocycles. The van der Waals surface area contributed by atoms with Crippen LogP contribution in [0.1, 0.15) is 0 Å². The van der Waals surface area contributed by atoms with Crippen molar-refractivity contribution in [1.29, 1.82) is 0 Å². The molecule has 2 nitrogen and oxygen atoms in total. The summed E-state index contributed by atoms with van der Waals surface area (Å²) in [6.45, 7) is 0. The van der Waals surface area contributed by atoms with Gasteiger partial charge in [0.05, 0.1) is 5.52 Å². The number of benzene rings is 1. The Morgan fingerprint density at radius 1 is 1.31 bits per heavy atom. The van der Waals surface area contributed by atoms with E-state index < -0.39 is 5.82 Å². The highest BCUT2D eigenvalue weighted by Gasteiger charge is 2.03. The van der Waals surface area contributed by atoms with Crippen LogP contribution in [0.25, 0.3) is 10.9 Å². The standard InChI is InChI=1S/C9H5FINO/c10-7-3-8-5(2-9(7)13)1-6(11)4-12-8/h1-4,13H. The molecule has 0 saturated heterocycles. The molecule has 1 aromatic heterocycles. The molecule has 13 heavy (non-hydrogen) atoms. The van der Waals surface area contributed by atoms with E-state index in [1.165, 1.54) is 12.1 Å². The SMILES string of the molecule is Oc1cc2cc(I)cnc2cc1F. The van der Waals surface area contributed by atoms with Gasteiger partial charge in [0.1, 0.15) is 0 Å². The maximum Gasteiger partial charge on any atom is 0.166 e. The van der Waals surface area contributed by atoms with Crippen LogP contribution in [0.5, 0.6) is 5.75 Å². The minimum absolute atomic E-state index is 0.337. The highest BCUT2D eigenvalue weighted by molar-refractivity contribution is 14.1. The van der Waals surface area contributed by atoms with Crippen LogP contribution in [-0.4, -0.2) is 10.1 Å². The van der Waals surface area contributed by atoms with Crippen LogP contribution in [0, 0.1) is 9.39 Å². The van der Waals surface area contributed by atoms with Crippen molar-refractivity contribution in [1.82, 2.24) is 4.98 Å². The van der Waals surface area contributed by atoms with Gasteiger partial charge in [0.15, 0.2) is 11.6 Å². The van der Waals surface area contributed by atoms with Gasteiger partial charge in [-0.1, -0.05) is 0 Å². The van der Waals surface area contributed by atoms with Crippen LogP contribution >= 0.6 is 22.6 Å². The number of pyridine rings is 1. The number of rotatable bonds is 0. The zero-order chi connectivity index (χ0) is 9.42. The van der Waals surface area contributed by atoms with E-state index in [1.54, 1.807) is 6.20 Å². The molecule has 2 aromatic rings. The number of aromatic hydroxyl groups is 1. The van der Waals surface area contributed by atoms with Crippen molar-refractivity contribution in [3.63, 3.8) is 0 Å². The van der Waals surface area contributed by atoms with Crippen molar-refractivity contribution >= 4 is 33.5 Å². The summed E-state index contributed by atoms with van der Waals surface area (Å²) in [7, 11) is 0. The summed E-state index contributed by atoms with van der Waals surface area (Å²) in [5.74, 6) is -0.975. The van der Waals surface area contributed by atoms with E-state index in [0.717, 1.165) is 8.96 Å². The number of fused-ring (bicyclic) bond motifs is 1. The topological polar surface area (TPSA) is 33.1 Å². The minimum Gasteiger partial charge on any atom is -0.505 e. The fourth-order valence-corrected chi connectivity index (χ4v) is 1.59. The smallest absolute Gasteiger partial charge is 0.166 e. The number of phenols is 1. The van der Waals surface area contributed by atoms with Crippen LogP contribution < -0.4 is 0 Å². The molecule has 0 fully saturated rings. The van der Waals surface area contributed by atoms with Gasteiger partial charge in [-0.2, -0.15) is 0 Å². The van der Waals surface area contributed by atoms with Gasteiger partial charge in [-0.05, 0) is 34.7 Å².